The maximum absolute atomic E-state index is 13.8. The maximum Gasteiger partial charge on any atom is 0.270 e. The number of rotatable bonds is 5. The third-order valence-corrected chi connectivity index (χ3v) is 2.87. The van der Waals surface area contributed by atoms with E-state index in [0.29, 0.717) is 24.5 Å². The summed E-state index contributed by atoms with van der Waals surface area (Å²) < 4.78 is 20.1. The zero-order valence-electron chi connectivity index (χ0n) is 10.6. The van der Waals surface area contributed by atoms with E-state index in [1.165, 1.54) is 18.3 Å². The van der Waals surface area contributed by atoms with Crippen molar-refractivity contribution in [3.05, 3.63) is 57.2 Å². The summed E-state index contributed by atoms with van der Waals surface area (Å²) >= 11 is 5.69. The SMILES string of the molecule is NCCOc1cnn(Cc2cccc(Cl)c2F)c(=O)c1. The summed E-state index contributed by atoms with van der Waals surface area (Å²) in [7, 11) is 0. The summed E-state index contributed by atoms with van der Waals surface area (Å²) in [5.41, 5.74) is 5.20. The Labute approximate surface area is 119 Å². The molecule has 0 saturated carbocycles. The summed E-state index contributed by atoms with van der Waals surface area (Å²) in [5, 5.41) is 3.94. The number of hydrogen-bond acceptors (Lipinski definition) is 4. The lowest BCUT2D eigenvalue weighted by Crippen LogP contribution is -2.23. The fraction of sp³-hybridized carbons (Fsp3) is 0.231. The van der Waals surface area contributed by atoms with Gasteiger partial charge in [0.25, 0.3) is 5.56 Å². The Bertz CT molecular complexity index is 660. The van der Waals surface area contributed by atoms with Crippen LogP contribution in [0.5, 0.6) is 5.75 Å². The number of halogens is 2. The van der Waals surface area contributed by atoms with Gasteiger partial charge in [-0.25, -0.2) is 9.07 Å². The second-order valence-corrected chi connectivity index (χ2v) is 4.44. The Balaban J connectivity index is 2.22. The molecule has 106 valence electrons. The van der Waals surface area contributed by atoms with Crippen LogP contribution in [0.1, 0.15) is 5.56 Å². The van der Waals surface area contributed by atoms with Gasteiger partial charge in [0.15, 0.2) is 0 Å². The molecule has 1 aromatic heterocycles. The van der Waals surface area contributed by atoms with Gasteiger partial charge < -0.3 is 10.5 Å². The monoisotopic (exact) mass is 297 g/mol. The molecule has 0 aliphatic carbocycles. The van der Waals surface area contributed by atoms with Crippen molar-refractivity contribution >= 4 is 11.6 Å². The predicted molar refractivity (Wildman–Crippen MR) is 73.6 cm³/mol. The Morgan fingerprint density at radius 2 is 2.25 bits per heavy atom. The zero-order valence-corrected chi connectivity index (χ0v) is 11.3. The highest BCUT2D eigenvalue weighted by molar-refractivity contribution is 6.30. The summed E-state index contributed by atoms with van der Waals surface area (Å²) in [5.74, 6) is -0.213. The Morgan fingerprint density at radius 3 is 2.95 bits per heavy atom. The molecule has 7 heteroatoms. The van der Waals surface area contributed by atoms with Gasteiger partial charge >= 0.3 is 0 Å². The molecule has 0 aliphatic rings. The third kappa shape index (κ3) is 3.34. The average molecular weight is 298 g/mol. The van der Waals surface area contributed by atoms with Gasteiger partial charge in [-0.2, -0.15) is 5.10 Å². The van der Waals surface area contributed by atoms with E-state index in [1.54, 1.807) is 12.1 Å². The quantitative estimate of drug-likeness (QED) is 0.906. The van der Waals surface area contributed by atoms with Crippen LogP contribution in [-0.2, 0) is 6.54 Å². The van der Waals surface area contributed by atoms with Crippen molar-refractivity contribution in [3.63, 3.8) is 0 Å². The molecule has 0 amide bonds. The Morgan fingerprint density at radius 1 is 1.45 bits per heavy atom. The molecule has 0 aliphatic heterocycles. The third-order valence-electron chi connectivity index (χ3n) is 2.58. The largest absolute Gasteiger partial charge is 0.490 e. The maximum atomic E-state index is 13.8. The summed E-state index contributed by atoms with van der Waals surface area (Å²) in [6.45, 7) is 0.646. The molecule has 2 aromatic rings. The van der Waals surface area contributed by atoms with E-state index in [9.17, 15) is 9.18 Å². The summed E-state index contributed by atoms with van der Waals surface area (Å²) in [6.07, 6.45) is 1.39. The van der Waals surface area contributed by atoms with Gasteiger partial charge in [-0.15, -0.1) is 0 Å². The number of hydrogen-bond donors (Lipinski definition) is 1. The van der Waals surface area contributed by atoms with E-state index >= 15 is 0 Å². The minimum atomic E-state index is -0.550. The first-order valence-electron chi connectivity index (χ1n) is 5.94. The van der Waals surface area contributed by atoms with E-state index in [2.05, 4.69) is 5.10 Å². The lowest BCUT2D eigenvalue weighted by molar-refractivity contribution is 0.324. The van der Waals surface area contributed by atoms with Crippen LogP contribution >= 0.6 is 11.6 Å². The van der Waals surface area contributed by atoms with Crippen LogP contribution in [-0.4, -0.2) is 22.9 Å². The van der Waals surface area contributed by atoms with Gasteiger partial charge in [0.1, 0.15) is 18.2 Å². The van der Waals surface area contributed by atoms with Gasteiger partial charge in [-0.05, 0) is 6.07 Å². The first-order valence-corrected chi connectivity index (χ1v) is 6.32. The van der Waals surface area contributed by atoms with Gasteiger partial charge in [0.2, 0.25) is 0 Å². The molecule has 2 N–H and O–H groups in total. The topological polar surface area (TPSA) is 70.1 Å². The normalized spacial score (nSPS) is 10.6. The Kier molecular flexibility index (Phi) is 4.70. The van der Waals surface area contributed by atoms with Gasteiger partial charge in [-0.1, -0.05) is 23.7 Å². The number of nitrogens with zero attached hydrogens (tertiary/aromatic N) is 2. The fourth-order valence-electron chi connectivity index (χ4n) is 1.62. The number of benzene rings is 1. The van der Waals surface area contributed by atoms with Crippen molar-refractivity contribution in [2.45, 2.75) is 6.54 Å². The minimum absolute atomic E-state index is 0.00238. The molecule has 0 saturated heterocycles. The molecule has 0 atom stereocenters. The van der Waals surface area contributed by atoms with E-state index in [-0.39, 0.29) is 17.1 Å². The van der Waals surface area contributed by atoms with Crippen molar-refractivity contribution in [3.8, 4) is 5.75 Å². The van der Waals surface area contributed by atoms with Crippen molar-refractivity contribution in [2.24, 2.45) is 5.73 Å². The smallest absolute Gasteiger partial charge is 0.270 e. The first-order chi connectivity index (χ1) is 9.61. The number of aromatic nitrogens is 2. The van der Waals surface area contributed by atoms with Crippen LogP contribution in [0.4, 0.5) is 4.39 Å². The molecule has 0 radical (unpaired) electrons. The minimum Gasteiger partial charge on any atom is -0.490 e. The van der Waals surface area contributed by atoms with E-state index in [1.807, 2.05) is 0 Å². The van der Waals surface area contributed by atoms with Crippen LogP contribution in [0.2, 0.25) is 5.02 Å². The van der Waals surface area contributed by atoms with Crippen molar-refractivity contribution in [2.75, 3.05) is 13.2 Å². The van der Waals surface area contributed by atoms with Crippen LogP contribution in [0.3, 0.4) is 0 Å². The molecular weight excluding hydrogens is 285 g/mol. The molecular formula is C13H13ClFN3O2. The number of ether oxygens (including phenoxy) is 1. The molecule has 0 bridgehead atoms. The van der Waals surface area contributed by atoms with Crippen LogP contribution in [0.15, 0.2) is 35.3 Å². The second kappa shape index (κ2) is 6.49. The van der Waals surface area contributed by atoms with Gasteiger partial charge in [0, 0.05) is 18.2 Å². The van der Waals surface area contributed by atoms with E-state index < -0.39 is 5.82 Å². The van der Waals surface area contributed by atoms with Gasteiger partial charge in [0.05, 0.1) is 17.8 Å². The lowest BCUT2D eigenvalue weighted by atomic mass is 10.2. The fourth-order valence-corrected chi connectivity index (χ4v) is 1.82. The average Bonchev–Trinajstić information content (AvgIpc) is 2.44. The van der Waals surface area contributed by atoms with Crippen LogP contribution < -0.4 is 16.0 Å². The van der Waals surface area contributed by atoms with Gasteiger partial charge in [-0.3, -0.25) is 4.79 Å². The highest BCUT2D eigenvalue weighted by Crippen LogP contribution is 2.18. The Hall–Kier alpha value is -1.92. The summed E-state index contributed by atoms with van der Waals surface area (Å²) in [6, 6.07) is 5.89. The molecule has 0 spiro atoms. The highest BCUT2D eigenvalue weighted by atomic mass is 35.5. The first kappa shape index (κ1) is 14.5. The predicted octanol–water partition coefficient (Wildman–Crippen LogP) is 1.42. The van der Waals surface area contributed by atoms with E-state index in [4.69, 9.17) is 22.1 Å². The molecule has 1 aromatic carbocycles. The lowest BCUT2D eigenvalue weighted by Gasteiger charge is -2.08. The molecule has 5 nitrogen and oxygen atoms in total. The molecule has 0 fully saturated rings. The molecule has 1 heterocycles. The van der Waals surface area contributed by atoms with Crippen LogP contribution in [0.25, 0.3) is 0 Å². The summed E-state index contributed by atoms with van der Waals surface area (Å²) in [4.78, 5) is 11.8. The molecule has 0 unspecified atom stereocenters. The van der Waals surface area contributed by atoms with E-state index in [0.717, 1.165) is 4.68 Å². The second-order valence-electron chi connectivity index (χ2n) is 4.04. The highest BCUT2D eigenvalue weighted by Gasteiger charge is 2.08. The van der Waals surface area contributed by atoms with Crippen molar-refractivity contribution in [1.29, 1.82) is 0 Å². The van der Waals surface area contributed by atoms with Crippen molar-refractivity contribution in [1.82, 2.24) is 9.78 Å². The molecule has 2 rings (SSSR count). The van der Waals surface area contributed by atoms with Crippen LogP contribution in [0, 0.1) is 5.82 Å². The standard InChI is InChI=1S/C13H13ClFN3O2/c14-11-3-1-2-9(13(11)15)8-18-12(19)6-10(7-17-18)20-5-4-16/h1-3,6-7H,4-5,8,16H2. The molecule has 20 heavy (non-hydrogen) atoms. The zero-order chi connectivity index (χ0) is 14.5. The number of nitrogens with two attached hydrogens (primary N) is 1. The van der Waals surface area contributed by atoms with Crippen molar-refractivity contribution < 1.29 is 9.13 Å².